The van der Waals surface area contributed by atoms with E-state index in [0.717, 1.165) is 24.8 Å². The summed E-state index contributed by atoms with van der Waals surface area (Å²) in [7, 11) is 0. The van der Waals surface area contributed by atoms with Crippen LogP contribution < -0.4 is 10.1 Å². The Hall–Kier alpha value is -2.89. The van der Waals surface area contributed by atoms with E-state index in [9.17, 15) is 14.0 Å². The van der Waals surface area contributed by atoms with Crippen molar-refractivity contribution in [3.63, 3.8) is 0 Å². The summed E-state index contributed by atoms with van der Waals surface area (Å²) >= 11 is 0. The maximum absolute atomic E-state index is 13.4. The Bertz CT molecular complexity index is 889. The monoisotopic (exact) mass is 413 g/mol. The molecule has 1 aliphatic rings. The van der Waals surface area contributed by atoms with Crippen molar-refractivity contribution in [1.29, 1.82) is 0 Å². The Balaban J connectivity index is 1.88. The van der Waals surface area contributed by atoms with E-state index < -0.39 is 11.4 Å². The average molecular weight is 413 g/mol. The molecule has 30 heavy (non-hydrogen) atoms. The van der Waals surface area contributed by atoms with E-state index in [-0.39, 0.29) is 23.9 Å². The van der Waals surface area contributed by atoms with Crippen molar-refractivity contribution in [2.75, 3.05) is 18.5 Å². The van der Waals surface area contributed by atoms with Gasteiger partial charge in [-0.25, -0.2) is 9.18 Å². The van der Waals surface area contributed by atoms with Crippen LogP contribution in [0.5, 0.6) is 5.75 Å². The number of hydrogen-bond acceptors (Lipinski definition) is 4. The number of rotatable bonds is 8. The summed E-state index contributed by atoms with van der Waals surface area (Å²) in [6.07, 6.45) is 4.08. The van der Waals surface area contributed by atoms with Crippen molar-refractivity contribution in [2.45, 2.75) is 51.4 Å². The number of anilines is 1. The number of halogens is 1. The third kappa shape index (κ3) is 4.64. The number of amides is 1. The lowest BCUT2D eigenvalue weighted by atomic mass is 9.78. The van der Waals surface area contributed by atoms with Gasteiger partial charge in [-0.05, 0) is 62.1 Å². The van der Waals surface area contributed by atoms with Crippen molar-refractivity contribution >= 4 is 17.6 Å². The fourth-order valence-electron chi connectivity index (χ4n) is 3.96. The second kappa shape index (κ2) is 9.74. The number of benzene rings is 2. The van der Waals surface area contributed by atoms with Crippen molar-refractivity contribution < 1.29 is 23.5 Å². The summed E-state index contributed by atoms with van der Waals surface area (Å²) in [5.74, 6) is -0.533. The third-order valence-corrected chi connectivity index (χ3v) is 5.48. The van der Waals surface area contributed by atoms with E-state index in [1.165, 1.54) is 12.1 Å². The molecule has 2 aromatic carbocycles. The van der Waals surface area contributed by atoms with Gasteiger partial charge in [0.1, 0.15) is 17.1 Å². The molecule has 0 aliphatic heterocycles. The maximum atomic E-state index is 13.4. The van der Waals surface area contributed by atoms with Crippen LogP contribution in [0.4, 0.5) is 10.1 Å². The molecule has 160 valence electrons. The molecule has 0 bridgehead atoms. The molecule has 1 saturated carbocycles. The van der Waals surface area contributed by atoms with Crippen LogP contribution in [0, 0.1) is 5.82 Å². The minimum Gasteiger partial charge on any atom is -0.493 e. The zero-order chi connectivity index (χ0) is 21.6. The van der Waals surface area contributed by atoms with Crippen LogP contribution in [0.3, 0.4) is 0 Å². The number of carbonyl (C=O) groups excluding carboxylic acids is 2. The first-order valence-electron chi connectivity index (χ1n) is 10.5. The van der Waals surface area contributed by atoms with Crippen LogP contribution in [-0.2, 0) is 14.9 Å². The summed E-state index contributed by atoms with van der Waals surface area (Å²) < 4.78 is 24.2. The van der Waals surface area contributed by atoms with Crippen molar-refractivity contribution in [1.82, 2.24) is 0 Å². The van der Waals surface area contributed by atoms with E-state index >= 15 is 0 Å². The summed E-state index contributed by atoms with van der Waals surface area (Å²) in [5.41, 5.74) is 0.896. The zero-order valence-corrected chi connectivity index (χ0v) is 17.5. The molecule has 1 aliphatic carbocycles. The van der Waals surface area contributed by atoms with Crippen molar-refractivity contribution in [3.8, 4) is 5.75 Å². The van der Waals surface area contributed by atoms with Crippen LogP contribution >= 0.6 is 0 Å². The topological polar surface area (TPSA) is 64.6 Å². The van der Waals surface area contributed by atoms with Gasteiger partial charge in [-0.1, -0.05) is 31.9 Å². The Morgan fingerprint density at radius 2 is 1.77 bits per heavy atom. The van der Waals surface area contributed by atoms with Gasteiger partial charge in [0.2, 0.25) is 5.91 Å². The average Bonchev–Trinajstić information content (AvgIpc) is 3.24. The summed E-state index contributed by atoms with van der Waals surface area (Å²) in [6, 6.07) is 11.1. The Labute approximate surface area is 176 Å². The second-order valence-electron chi connectivity index (χ2n) is 7.53. The molecule has 0 aromatic heterocycles. The number of hydrogen-bond donors (Lipinski definition) is 1. The van der Waals surface area contributed by atoms with E-state index in [1.54, 1.807) is 37.3 Å². The van der Waals surface area contributed by atoms with Gasteiger partial charge in [0.05, 0.1) is 18.6 Å². The number of nitrogens with one attached hydrogen (secondary N) is 1. The smallest absolute Gasteiger partial charge is 0.341 e. The fourth-order valence-corrected chi connectivity index (χ4v) is 3.96. The molecule has 2 aromatic rings. The highest BCUT2D eigenvalue weighted by atomic mass is 19.1. The van der Waals surface area contributed by atoms with E-state index in [1.807, 2.05) is 6.92 Å². The van der Waals surface area contributed by atoms with Crippen molar-refractivity contribution in [2.24, 2.45) is 0 Å². The van der Waals surface area contributed by atoms with Gasteiger partial charge in [0.25, 0.3) is 0 Å². The fraction of sp³-hybridized carbons (Fsp3) is 0.417. The molecular formula is C24H28FNO4. The second-order valence-corrected chi connectivity index (χ2v) is 7.53. The van der Waals surface area contributed by atoms with E-state index in [2.05, 4.69) is 5.32 Å². The first-order valence-corrected chi connectivity index (χ1v) is 10.5. The summed E-state index contributed by atoms with van der Waals surface area (Å²) in [4.78, 5) is 25.7. The minimum absolute atomic E-state index is 0.149. The Kier molecular flexibility index (Phi) is 7.08. The summed E-state index contributed by atoms with van der Waals surface area (Å²) in [5, 5.41) is 2.96. The van der Waals surface area contributed by atoms with Gasteiger partial charge in [-0.3, -0.25) is 4.79 Å². The molecule has 0 heterocycles. The van der Waals surface area contributed by atoms with Gasteiger partial charge in [-0.2, -0.15) is 0 Å². The standard InChI is InChI=1S/C24H28FNO4/c1-3-15-30-21-12-11-19(16-20(21)22(27)29-4-2)26-23(28)24(13-5-6-14-24)17-7-9-18(25)10-8-17/h7-12,16H,3-6,13-15H2,1-2H3,(H,26,28). The number of esters is 1. The highest BCUT2D eigenvalue weighted by molar-refractivity contribution is 6.01. The lowest BCUT2D eigenvalue weighted by molar-refractivity contribution is -0.121. The molecule has 0 saturated heterocycles. The van der Waals surface area contributed by atoms with Crippen LogP contribution in [0.2, 0.25) is 0 Å². The predicted octanol–water partition coefficient (Wildman–Crippen LogP) is 5.24. The zero-order valence-electron chi connectivity index (χ0n) is 17.5. The lowest BCUT2D eigenvalue weighted by Gasteiger charge is -2.28. The molecule has 5 nitrogen and oxygen atoms in total. The number of ether oxygens (including phenoxy) is 2. The largest absolute Gasteiger partial charge is 0.493 e. The molecule has 1 N–H and O–H groups in total. The SMILES string of the molecule is CCCOc1ccc(NC(=O)C2(c3ccc(F)cc3)CCCC2)cc1C(=O)OCC. The lowest BCUT2D eigenvalue weighted by Crippen LogP contribution is -2.38. The van der Waals surface area contributed by atoms with Crippen molar-refractivity contribution in [3.05, 3.63) is 59.4 Å². The van der Waals surface area contributed by atoms with Gasteiger partial charge >= 0.3 is 5.97 Å². The molecule has 0 unspecified atom stereocenters. The van der Waals surface area contributed by atoms with E-state index in [4.69, 9.17) is 9.47 Å². The molecule has 0 spiro atoms. The highest BCUT2D eigenvalue weighted by Crippen LogP contribution is 2.42. The quantitative estimate of drug-likeness (QED) is 0.601. The molecule has 6 heteroatoms. The highest BCUT2D eigenvalue weighted by Gasteiger charge is 2.42. The molecule has 0 atom stereocenters. The first kappa shape index (κ1) is 21.8. The van der Waals surface area contributed by atoms with Gasteiger partial charge in [0.15, 0.2) is 0 Å². The molecule has 0 radical (unpaired) electrons. The predicted molar refractivity (Wildman–Crippen MR) is 113 cm³/mol. The maximum Gasteiger partial charge on any atom is 0.341 e. The normalized spacial score (nSPS) is 14.9. The van der Waals surface area contributed by atoms with Gasteiger partial charge in [0, 0.05) is 5.69 Å². The van der Waals surface area contributed by atoms with Crippen LogP contribution in [0.25, 0.3) is 0 Å². The van der Waals surface area contributed by atoms with Gasteiger partial charge in [-0.15, -0.1) is 0 Å². The van der Waals surface area contributed by atoms with Crippen LogP contribution in [0.15, 0.2) is 42.5 Å². The van der Waals surface area contributed by atoms with Crippen LogP contribution in [0.1, 0.15) is 61.9 Å². The third-order valence-electron chi connectivity index (χ3n) is 5.48. The summed E-state index contributed by atoms with van der Waals surface area (Å²) in [6.45, 7) is 4.44. The molecular weight excluding hydrogens is 385 g/mol. The Morgan fingerprint density at radius 3 is 2.40 bits per heavy atom. The molecule has 3 rings (SSSR count). The van der Waals surface area contributed by atoms with Gasteiger partial charge < -0.3 is 14.8 Å². The molecule has 1 fully saturated rings. The van der Waals surface area contributed by atoms with E-state index in [0.29, 0.717) is 30.9 Å². The van der Waals surface area contributed by atoms with Crippen LogP contribution in [-0.4, -0.2) is 25.1 Å². The first-order chi connectivity index (χ1) is 14.5. The Morgan fingerprint density at radius 1 is 1.07 bits per heavy atom. The number of carbonyl (C=O) groups is 2. The molecule has 1 amide bonds. The minimum atomic E-state index is -0.699.